The Bertz CT molecular complexity index is 1430. The zero-order valence-electron chi connectivity index (χ0n) is 20.5. The maximum absolute atomic E-state index is 12.1. The van der Waals surface area contributed by atoms with Gasteiger partial charge in [0.1, 0.15) is 36.0 Å². The van der Waals surface area contributed by atoms with Crippen LogP contribution in [-0.4, -0.2) is 58.4 Å². The Morgan fingerprint density at radius 2 is 1.92 bits per heavy atom. The van der Waals surface area contributed by atoms with E-state index in [1.54, 1.807) is 60.2 Å². The number of carbonyl (C=O) groups is 1. The smallest absolute Gasteiger partial charge is 0.325 e. The summed E-state index contributed by atoms with van der Waals surface area (Å²) in [5.41, 5.74) is 1.52. The number of ether oxygens (including phenoxy) is 2. The average Bonchev–Trinajstić information content (AvgIpc) is 3.63. The SMILES string of the molecule is N#Cc1cc2c(Oc3ccc(NC(=O)Nc4nccs4)cc3)ccnc2cc1OC[C@H](O)CN1CCCC1. The van der Waals surface area contributed by atoms with Gasteiger partial charge < -0.3 is 24.8 Å². The van der Waals surface area contributed by atoms with Crippen LogP contribution in [0.5, 0.6) is 17.2 Å². The molecule has 1 aliphatic heterocycles. The van der Waals surface area contributed by atoms with Crippen LogP contribution < -0.4 is 20.1 Å². The predicted molar refractivity (Wildman–Crippen MR) is 145 cm³/mol. The third kappa shape index (κ3) is 6.36. The fourth-order valence-corrected chi connectivity index (χ4v) is 4.75. The van der Waals surface area contributed by atoms with Crippen molar-refractivity contribution in [2.24, 2.45) is 0 Å². The minimum Gasteiger partial charge on any atom is -0.489 e. The van der Waals surface area contributed by atoms with E-state index in [2.05, 4.69) is 31.6 Å². The largest absolute Gasteiger partial charge is 0.489 e. The summed E-state index contributed by atoms with van der Waals surface area (Å²) in [6.45, 7) is 2.63. The third-order valence-electron chi connectivity index (χ3n) is 6.01. The third-order valence-corrected chi connectivity index (χ3v) is 6.70. The van der Waals surface area contributed by atoms with Crippen LogP contribution >= 0.6 is 11.3 Å². The number of nitrogens with zero attached hydrogens (tertiary/aromatic N) is 4. The highest BCUT2D eigenvalue weighted by Crippen LogP contribution is 2.33. The van der Waals surface area contributed by atoms with Gasteiger partial charge in [-0.25, -0.2) is 9.78 Å². The van der Waals surface area contributed by atoms with E-state index >= 15 is 0 Å². The normalized spacial score (nSPS) is 14.1. The molecule has 2 aromatic heterocycles. The number of anilines is 2. The number of β-amino-alcohol motifs (C(OH)–C–C–N with tert-alkyl or cyclic N) is 1. The molecule has 1 aliphatic rings. The number of pyridine rings is 1. The molecule has 38 heavy (non-hydrogen) atoms. The summed E-state index contributed by atoms with van der Waals surface area (Å²) in [6, 6.07) is 13.8. The number of carbonyl (C=O) groups excluding carboxylic acids is 1. The summed E-state index contributed by atoms with van der Waals surface area (Å²) in [7, 11) is 0. The van der Waals surface area contributed by atoms with Gasteiger partial charge in [-0.2, -0.15) is 5.26 Å². The Labute approximate surface area is 223 Å². The first-order valence-corrected chi connectivity index (χ1v) is 13.1. The van der Waals surface area contributed by atoms with Crippen LogP contribution in [0.2, 0.25) is 0 Å². The minimum absolute atomic E-state index is 0.0924. The zero-order valence-corrected chi connectivity index (χ0v) is 21.3. The Kier molecular flexibility index (Phi) is 7.94. The molecule has 1 atom stereocenters. The number of aliphatic hydroxyl groups is 1. The molecule has 2 amide bonds. The van der Waals surface area contributed by atoms with Gasteiger partial charge in [-0.3, -0.25) is 10.3 Å². The lowest BCUT2D eigenvalue weighted by molar-refractivity contribution is 0.0758. The molecule has 0 aliphatic carbocycles. The first-order valence-electron chi connectivity index (χ1n) is 12.2. The number of aliphatic hydroxyl groups excluding tert-OH is 1. The number of aromatic nitrogens is 2. The first kappa shape index (κ1) is 25.4. The summed E-state index contributed by atoms with van der Waals surface area (Å²) in [5.74, 6) is 1.44. The van der Waals surface area contributed by atoms with Gasteiger partial charge in [0.15, 0.2) is 5.13 Å². The molecule has 4 aromatic rings. The highest BCUT2D eigenvalue weighted by Gasteiger charge is 2.18. The molecule has 0 bridgehead atoms. The number of thiazole rings is 1. The number of urea groups is 1. The molecule has 1 saturated heterocycles. The second-order valence-corrected chi connectivity index (χ2v) is 9.70. The molecule has 0 unspecified atom stereocenters. The number of benzene rings is 2. The number of rotatable bonds is 9. The van der Waals surface area contributed by atoms with Gasteiger partial charge >= 0.3 is 6.03 Å². The highest BCUT2D eigenvalue weighted by molar-refractivity contribution is 7.13. The maximum Gasteiger partial charge on any atom is 0.325 e. The summed E-state index contributed by atoms with van der Waals surface area (Å²) in [6.07, 6.45) is 4.89. The van der Waals surface area contributed by atoms with Crippen molar-refractivity contribution in [2.75, 3.05) is 36.9 Å². The molecule has 10 nitrogen and oxygen atoms in total. The van der Waals surface area contributed by atoms with Gasteiger partial charge in [0.2, 0.25) is 0 Å². The van der Waals surface area contributed by atoms with Crippen molar-refractivity contribution in [1.82, 2.24) is 14.9 Å². The van der Waals surface area contributed by atoms with Crippen LogP contribution in [0.4, 0.5) is 15.6 Å². The number of hydrogen-bond donors (Lipinski definition) is 3. The first-order chi connectivity index (χ1) is 18.6. The molecule has 11 heteroatoms. The van der Waals surface area contributed by atoms with Crippen molar-refractivity contribution in [3.8, 4) is 23.3 Å². The molecular formula is C27H26N6O4S. The zero-order chi connectivity index (χ0) is 26.3. The molecule has 5 rings (SSSR count). The van der Waals surface area contributed by atoms with Crippen molar-refractivity contribution in [3.63, 3.8) is 0 Å². The van der Waals surface area contributed by atoms with E-state index in [0.29, 0.717) is 51.1 Å². The standard InChI is InChI=1S/C27H26N6O4S/c28-15-18-13-22-23(14-25(18)36-17-20(34)16-33-10-1-2-11-33)29-8-7-24(22)37-21-5-3-19(4-6-21)31-26(35)32-27-30-9-12-38-27/h3-9,12-14,20,34H,1-2,10-11,16-17H2,(H2,30,31,32,35)/t20-/m1/s1. The Balaban J connectivity index is 1.25. The number of hydrogen-bond acceptors (Lipinski definition) is 9. The van der Waals surface area contributed by atoms with Gasteiger partial charge in [0, 0.05) is 41.5 Å². The van der Waals surface area contributed by atoms with Crippen LogP contribution in [0.25, 0.3) is 10.9 Å². The minimum atomic E-state index is -0.645. The van der Waals surface area contributed by atoms with Crippen molar-refractivity contribution in [3.05, 3.63) is 65.8 Å². The number of nitrogens with one attached hydrogen (secondary N) is 2. The van der Waals surface area contributed by atoms with E-state index < -0.39 is 6.10 Å². The quantitative estimate of drug-likeness (QED) is 0.280. The summed E-state index contributed by atoms with van der Waals surface area (Å²) >= 11 is 1.33. The highest BCUT2D eigenvalue weighted by atomic mass is 32.1. The number of fused-ring (bicyclic) bond motifs is 1. The van der Waals surface area contributed by atoms with Crippen molar-refractivity contribution in [1.29, 1.82) is 5.26 Å². The summed E-state index contributed by atoms with van der Waals surface area (Å²) in [5, 5.41) is 28.4. The summed E-state index contributed by atoms with van der Waals surface area (Å²) < 4.78 is 11.9. The van der Waals surface area contributed by atoms with Gasteiger partial charge in [0.25, 0.3) is 0 Å². The lowest BCUT2D eigenvalue weighted by atomic mass is 10.1. The van der Waals surface area contributed by atoms with Crippen LogP contribution in [-0.2, 0) is 0 Å². The van der Waals surface area contributed by atoms with Gasteiger partial charge in [-0.05, 0) is 62.3 Å². The Hall–Kier alpha value is -4.24. The molecule has 3 N–H and O–H groups in total. The van der Waals surface area contributed by atoms with E-state index in [9.17, 15) is 15.2 Å². The predicted octanol–water partition coefficient (Wildman–Crippen LogP) is 4.83. The van der Waals surface area contributed by atoms with E-state index in [4.69, 9.17) is 9.47 Å². The van der Waals surface area contributed by atoms with Gasteiger partial charge in [-0.15, -0.1) is 11.3 Å². The second kappa shape index (κ2) is 11.9. The van der Waals surface area contributed by atoms with Crippen LogP contribution in [0.3, 0.4) is 0 Å². The van der Waals surface area contributed by atoms with Crippen LogP contribution in [0.15, 0.2) is 60.2 Å². The van der Waals surface area contributed by atoms with Crippen molar-refractivity contribution in [2.45, 2.75) is 18.9 Å². The van der Waals surface area contributed by atoms with Crippen LogP contribution in [0.1, 0.15) is 18.4 Å². The van der Waals surface area contributed by atoms with Gasteiger partial charge in [0.05, 0.1) is 11.1 Å². The topological polar surface area (TPSA) is 133 Å². The molecule has 1 fully saturated rings. The Morgan fingerprint density at radius 3 is 2.66 bits per heavy atom. The molecule has 2 aromatic carbocycles. The van der Waals surface area contributed by atoms with Crippen molar-refractivity contribution >= 4 is 39.1 Å². The van der Waals surface area contributed by atoms with Crippen LogP contribution in [0, 0.1) is 11.3 Å². The molecule has 0 spiro atoms. The van der Waals surface area contributed by atoms with Crippen molar-refractivity contribution < 1.29 is 19.4 Å². The fraction of sp³-hybridized carbons (Fsp3) is 0.259. The Morgan fingerprint density at radius 1 is 1.11 bits per heavy atom. The number of amides is 2. The molecular weight excluding hydrogens is 504 g/mol. The second-order valence-electron chi connectivity index (χ2n) is 8.80. The number of nitriles is 1. The van der Waals surface area contributed by atoms with E-state index in [0.717, 1.165) is 25.9 Å². The van der Waals surface area contributed by atoms with E-state index in [1.807, 2.05) is 0 Å². The molecule has 0 radical (unpaired) electrons. The fourth-order valence-electron chi connectivity index (χ4n) is 4.22. The maximum atomic E-state index is 12.1. The lowest BCUT2D eigenvalue weighted by Gasteiger charge is -2.20. The molecule has 3 heterocycles. The van der Waals surface area contributed by atoms with E-state index in [1.165, 1.54) is 11.3 Å². The average molecular weight is 531 g/mol. The summed E-state index contributed by atoms with van der Waals surface area (Å²) in [4.78, 5) is 22.7. The molecule has 0 saturated carbocycles. The number of likely N-dealkylation sites (tertiary alicyclic amines) is 1. The lowest BCUT2D eigenvalue weighted by Crippen LogP contribution is -2.33. The monoisotopic (exact) mass is 530 g/mol. The van der Waals surface area contributed by atoms with E-state index in [-0.39, 0.29) is 12.6 Å². The van der Waals surface area contributed by atoms with Gasteiger partial charge in [-0.1, -0.05) is 0 Å². The molecule has 194 valence electrons.